The van der Waals surface area contributed by atoms with Gasteiger partial charge in [-0.15, -0.1) is 0 Å². The van der Waals surface area contributed by atoms with Crippen LogP contribution in [0.2, 0.25) is 0 Å². The van der Waals surface area contributed by atoms with Gasteiger partial charge in [0.15, 0.2) is 0 Å². The summed E-state index contributed by atoms with van der Waals surface area (Å²) in [5.74, 6) is 1.03. The number of aryl methyl sites for hydroxylation is 1. The van der Waals surface area contributed by atoms with Gasteiger partial charge in [-0.25, -0.2) is 0 Å². The van der Waals surface area contributed by atoms with Crippen LogP contribution in [0.15, 0.2) is 18.2 Å². The second kappa shape index (κ2) is 6.06. The molecule has 1 aromatic rings. The quantitative estimate of drug-likeness (QED) is 0.844. The normalized spacial score (nSPS) is 18.8. The van der Waals surface area contributed by atoms with E-state index in [2.05, 4.69) is 37.4 Å². The van der Waals surface area contributed by atoms with Crippen LogP contribution in [0.25, 0.3) is 0 Å². The zero-order valence-corrected chi connectivity index (χ0v) is 11.0. The first-order valence-corrected chi connectivity index (χ1v) is 6.81. The summed E-state index contributed by atoms with van der Waals surface area (Å²) in [6.07, 6.45) is 4.66. The molecule has 2 rings (SSSR count). The van der Waals surface area contributed by atoms with Crippen molar-refractivity contribution in [3.05, 3.63) is 29.3 Å². The molecule has 0 fully saturated rings. The van der Waals surface area contributed by atoms with Gasteiger partial charge in [-0.3, -0.25) is 0 Å². The van der Waals surface area contributed by atoms with Crippen molar-refractivity contribution in [3.8, 4) is 5.75 Å². The van der Waals surface area contributed by atoms with Crippen LogP contribution in [0.1, 0.15) is 37.8 Å². The lowest BCUT2D eigenvalue weighted by Crippen LogP contribution is -2.34. The Kier molecular flexibility index (Phi) is 4.43. The fraction of sp³-hybridized carbons (Fsp3) is 0.600. The first kappa shape index (κ1) is 12.4. The standard InChI is InChI=1S/C15H23NO/c1-3-9-17-15-8-6-12-10-14(16-4-2)7-5-13(12)11-15/h6,8,11,14,16H,3-5,7,9-10H2,1-2H3/t14-/m1/s1. The molecule has 0 radical (unpaired) electrons. The van der Waals surface area contributed by atoms with Crippen LogP contribution in [-0.2, 0) is 12.8 Å². The van der Waals surface area contributed by atoms with Crippen molar-refractivity contribution < 1.29 is 4.74 Å². The minimum atomic E-state index is 0.662. The molecule has 0 aliphatic heterocycles. The minimum absolute atomic E-state index is 0.662. The average molecular weight is 233 g/mol. The van der Waals surface area contributed by atoms with E-state index in [1.165, 1.54) is 24.0 Å². The van der Waals surface area contributed by atoms with Gasteiger partial charge >= 0.3 is 0 Å². The van der Waals surface area contributed by atoms with Crippen molar-refractivity contribution >= 4 is 0 Å². The summed E-state index contributed by atoms with van der Waals surface area (Å²) in [5, 5.41) is 3.54. The highest BCUT2D eigenvalue weighted by molar-refractivity contribution is 5.37. The molecule has 1 aliphatic rings. The number of hydrogen-bond acceptors (Lipinski definition) is 2. The first-order chi connectivity index (χ1) is 8.33. The maximum absolute atomic E-state index is 5.68. The third-order valence-electron chi connectivity index (χ3n) is 3.37. The number of likely N-dealkylation sites (N-methyl/N-ethyl adjacent to an activating group) is 1. The molecule has 17 heavy (non-hydrogen) atoms. The Morgan fingerprint density at radius 1 is 1.29 bits per heavy atom. The highest BCUT2D eigenvalue weighted by atomic mass is 16.5. The largest absolute Gasteiger partial charge is 0.494 e. The van der Waals surface area contributed by atoms with Crippen molar-refractivity contribution in [2.45, 2.75) is 45.6 Å². The van der Waals surface area contributed by atoms with E-state index < -0.39 is 0 Å². The predicted molar refractivity (Wildman–Crippen MR) is 71.7 cm³/mol. The van der Waals surface area contributed by atoms with Crippen molar-refractivity contribution in [1.82, 2.24) is 5.32 Å². The fourth-order valence-corrected chi connectivity index (χ4v) is 2.50. The third kappa shape index (κ3) is 3.22. The van der Waals surface area contributed by atoms with E-state index in [-0.39, 0.29) is 0 Å². The number of rotatable bonds is 5. The molecular formula is C15H23NO. The van der Waals surface area contributed by atoms with Crippen LogP contribution in [-0.4, -0.2) is 19.2 Å². The molecule has 1 atom stereocenters. The summed E-state index contributed by atoms with van der Waals surface area (Å²) in [7, 11) is 0. The SMILES string of the molecule is CCCOc1ccc2c(c1)CC[C@@H](NCC)C2. The number of fused-ring (bicyclic) bond motifs is 1. The lowest BCUT2D eigenvalue weighted by atomic mass is 9.88. The van der Waals surface area contributed by atoms with Gasteiger partial charge in [0, 0.05) is 6.04 Å². The Bertz CT molecular complexity index is 362. The molecule has 1 aliphatic carbocycles. The Hall–Kier alpha value is -1.02. The van der Waals surface area contributed by atoms with Gasteiger partial charge in [-0.1, -0.05) is 19.9 Å². The summed E-state index contributed by atoms with van der Waals surface area (Å²) >= 11 is 0. The minimum Gasteiger partial charge on any atom is -0.494 e. The molecule has 2 nitrogen and oxygen atoms in total. The van der Waals surface area contributed by atoms with Crippen molar-refractivity contribution in [3.63, 3.8) is 0 Å². The van der Waals surface area contributed by atoms with Crippen molar-refractivity contribution in [2.75, 3.05) is 13.2 Å². The summed E-state index contributed by atoms with van der Waals surface area (Å²) < 4.78 is 5.68. The highest BCUT2D eigenvalue weighted by Crippen LogP contribution is 2.25. The smallest absolute Gasteiger partial charge is 0.119 e. The molecule has 0 aromatic heterocycles. The molecule has 0 bridgehead atoms. The third-order valence-corrected chi connectivity index (χ3v) is 3.37. The maximum atomic E-state index is 5.68. The van der Waals surface area contributed by atoms with Crippen LogP contribution >= 0.6 is 0 Å². The fourth-order valence-electron chi connectivity index (χ4n) is 2.50. The van der Waals surface area contributed by atoms with E-state index >= 15 is 0 Å². The van der Waals surface area contributed by atoms with E-state index in [1.54, 1.807) is 0 Å². The second-order valence-corrected chi connectivity index (χ2v) is 4.78. The van der Waals surface area contributed by atoms with Gasteiger partial charge in [0.05, 0.1) is 6.61 Å². The molecule has 0 heterocycles. The number of benzene rings is 1. The van der Waals surface area contributed by atoms with E-state index in [4.69, 9.17) is 4.74 Å². The Morgan fingerprint density at radius 3 is 2.94 bits per heavy atom. The average Bonchev–Trinajstić information content (AvgIpc) is 2.36. The zero-order valence-electron chi connectivity index (χ0n) is 11.0. The van der Waals surface area contributed by atoms with Crippen LogP contribution < -0.4 is 10.1 Å². The maximum Gasteiger partial charge on any atom is 0.119 e. The number of ether oxygens (including phenoxy) is 1. The highest BCUT2D eigenvalue weighted by Gasteiger charge is 2.17. The zero-order chi connectivity index (χ0) is 12.1. The van der Waals surface area contributed by atoms with E-state index in [0.29, 0.717) is 6.04 Å². The van der Waals surface area contributed by atoms with Gasteiger partial charge in [0.2, 0.25) is 0 Å². The van der Waals surface area contributed by atoms with Gasteiger partial charge in [0.1, 0.15) is 5.75 Å². The van der Waals surface area contributed by atoms with E-state index in [1.807, 2.05) is 0 Å². The molecule has 0 spiro atoms. The topological polar surface area (TPSA) is 21.3 Å². The molecular weight excluding hydrogens is 210 g/mol. The molecule has 2 heteroatoms. The summed E-state index contributed by atoms with van der Waals surface area (Å²) in [4.78, 5) is 0. The molecule has 0 amide bonds. The molecule has 0 saturated heterocycles. The van der Waals surface area contributed by atoms with Crippen LogP contribution in [0.5, 0.6) is 5.75 Å². The number of hydrogen-bond donors (Lipinski definition) is 1. The predicted octanol–water partition coefficient (Wildman–Crippen LogP) is 2.94. The van der Waals surface area contributed by atoms with Gasteiger partial charge < -0.3 is 10.1 Å². The molecule has 94 valence electrons. The van der Waals surface area contributed by atoms with Crippen LogP contribution in [0, 0.1) is 0 Å². The first-order valence-electron chi connectivity index (χ1n) is 6.81. The number of nitrogens with one attached hydrogen (secondary N) is 1. The van der Waals surface area contributed by atoms with E-state index in [9.17, 15) is 0 Å². The monoisotopic (exact) mass is 233 g/mol. The summed E-state index contributed by atoms with van der Waals surface area (Å²) in [6.45, 7) is 6.20. The Labute approximate surface area is 104 Å². The summed E-state index contributed by atoms with van der Waals surface area (Å²) in [6, 6.07) is 7.25. The molecule has 1 aromatic carbocycles. The molecule has 1 N–H and O–H groups in total. The van der Waals surface area contributed by atoms with Gasteiger partial charge in [-0.05, 0) is 55.5 Å². The molecule has 0 unspecified atom stereocenters. The summed E-state index contributed by atoms with van der Waals surface area (Å²) in [5.41, 5.74) is 2.97. The second-order valence-electron chi connectivity index (χ2n) is 4.78. The Morgan fingerprint density at radius 2 is 2.18 bits per heavy atom. The van der Waals surface area contributed by atoms with Crippen LogP contribution in [0.4, 0.5) is 0 Å². The van der Waals surface area contributed by atoms with E-state index in [0.717, 1.165) is 31.7 Å². The van der Waals surface area contributed by atoms with Gasteiger partial charge in [0.25, 0.3) is 0 Å². The molecule has 0 saturated carbocycles. The van der Waals surface area contributed by atoms with Crippen molar-refractivity contribution in [1.29, 1.82) is 0 Å². The van der Waals surface area contributed by atoms with Crippen LogP contribution in [0.3, 0.4) is 0 Å². The van der Waals surface area contributed by atoms with Gasteiger partial charge in [-0.2, -0.15) is 0 Å². The Balaban J connectivity index is 2.03. The van der Waals surface area contributed by atoms with Crippen molar-refractivity contribution in [2.24, 2.45) is 0 Å². The lowest BCUT2D eigenvalue weighted by molar-refractivity contribution is 0.316. The lowest BCUT2D eigenvalue weighted by Gasteiger charge is -2.25.